The Labute approximate surface area is 192 Å². The van der Waals surface area contributed by atoms with Crippen LogP contribution >= 0.6 is 0 Å². The number of hydrogen-bond donors (Lipinski definition) is 1. The highest BCUT2D eigenvalue weighted by Gasteiger charge is 2.44. The molecule has 1 amide bonds. The van der Waals surface area contributed by atoms with Crippen LogP contribution in [0.1, 0.15) is 43.9 Å². The number of carbonyl (C=O) groups excluding carboxylic acids is 1. The molecule has 3 aromatic rings. The first-order valence-corrected chi connectivity index (χ1v) is 11.1. The Balaban J connectivity index is 1.53. The molecule has 0 saturated carbocycles. The van der Waals surface area contributed by atoms with E-state index in [1.54, 1.807) is 24.0 Å². The van der Waals surface area contributed by atoms with E-state index in [1.165, 1.54) is 12.1 Å². The number of carbonyl (C=O) groups is 1. The fourth-order valence-corrected chi connectivity index (χ4v) is 4.55. The summed E-state index contributed by atoms with van der Waals surface area (Å²) in [5, 5.41) is 10.1. The largest absolute Gasteiger partial charge is 0.438 e. The highest BCUT2D eigenvalue weighted by Crippen LogP contribution is 2.40. The van der Waals surface area contributed by atoms with Crippen molar-refractivity contribution in [2.75, 3.05) is 6.54 Å². The van der Waals surface area contributed by atoms with Crippen LogP contribution in [0.5, 0.6) is 0 Å². The van der Waals surface area contributed by atoms with Crippen molar-refractivity contribution in [1.82, 2.24) is 4.90 Å². The molecule has 1 heterocycles. The van der Waals surface area contributed by atoms with Gasteiger partial charge in [0.25, 0.3) is 0 Å². The molecule has 1 saturated heterocycles. The van der Waals surface area contributed by atoms with Crippen molar-refractivity contribution in [2.45, 2.75) is 44.4 Å². The lowest BCUT2D eigenvalue weighted by Gasteiger charge is -2.44. The molecular weight excluding hydrogens is 424 g/mol. The molecule has 1 aliphatic rings. The predicted molar refractivity (Wildman–Crippen MR) is 122 cm³/mol. The first kappa shape index (κ1) is 22.9. The average molecular weight is 452 g/mol. The number of aliphatic hydroxyl groups excluding tert-OH is 1. The van der Waals surface area contributed by atoms with Crippen LogP contribution in [0.25, 0.3) is 11.1 Å². The van der Waals surface area contributed by atoms with E-state index in [1.807, 2.05) is 49.4 Å². The predicted octanol–water partition coefficient (Wildman–Crippen LogP) is 6.20. The Hall–Kier alpha value is -3.25. The van der Waals surface area contributed by atoms with Crippen LogP contribution in [0.2, 0.25) is 0 Å². The average Bonchev–Trinajstić information content (AvgIpc) is 2.79. The lowest BCUT2D eigenvalue weighted by molar-refractivity contribution is -0.0815. The maximum atomic E-state index is 14.1. The number of hydrogen-bond acceptors (Lipinski definition) is 3. The lowest BCUT2D eigenvalue weighted by Crippen LogP contribution is -2.49. The van der Waals surface area contributed by atoms with Crippen LogP contribution in [0, 0.1) is 11.6 Å². The monoisotopic (exact) mass is 451 g/mol. The number of nitrogens with zero attached hydrogens (tertiary/aromatic N) is 1. The molecule has 0 bridgehead atoms. The molecule has 6 heteroatoms. The highest BCUT2D eigenvalue weighted by atomic mass is 19.1. The van der Waals surface area contributed by atoms with E-state index in [4.69, 9.17) is 4.74 Å². The first-order chi connectivity index (χ1) is 15.8. The zero-order valence-electron chi connectivity index (χ0n) is 18.7. The minimum atomic E-state index is -0.868. The molecule has 4 rings (SSSR count). The summed E-state index contributed by atoms with van der Waals surface area (Å²) < 4.78 is 33.3. The normalized spacial score (nSPS) is 20.3. The van der Waals surface area contributed by atoms with E-state index in [2.05, 4.69) is 0 Å². The number of rotatable bonds is 6. The van der Waals surface area contributed by atoms with Crippen molar-refractivity contribution >= 4 is 6.09 Å². The third-order valence-corrected chi connectivity index (χ3v) is 6.30. The molecule has 0 aromatic heterocycles. The molecule has 3 aromatic carbocycles. The number of aliphatic hydroxyl groups is 1. The van der Waals surface area contributed by atoms with Crippen molar-refractivity contribution in [3.63, 3.8) is 0 Å². The molecule has 33 heavy (non-hydrogen) atoms. The van der Waals surface area contributed by atoms with Crippen LogP contribution in [0.3, 0.4) is 0 Å². The number of amides is 1. The zero-order chi connectivity index (χ0) is 23.6. The van der Waals surface area contributed by atoms with Crippen LogP contribution in [0.15, 0.2) is 72.8 Å². The van der Waals surface area contributed by atoms with Crippen LogP contribution in [-0.4, -0.2) is 28.7 Å². The summed E-state index contributed by atoms with van der Waals surface area (Å²) in [5.41, 5.74) is 1.83. The summed E-state index contributed by atoms with van der Waals surface area (Å²) in [5.74, 6) is -1.24. The molecule has 3 atom stereocenters. The van der Waals surface area contributed by atoms with Crippen LogP contribution in [0.4, 0.5) is 13.6 Å². The molecule has 1 N–H and O–H groups in total. The van der Waals surface area contributed by atoms with Crippen molar-refractivity contribution in [2.24, 2.45) is 0 Å². The van der Waals surface area contributed by atoms with Crippen molar-refractivity contribution < 1.29 is 23.4 Å². The Morgan fingerprint density at radius 1 is 1.03 bits per heavy atom. The van der Waals surface area contributed by atoms with Gasteiger partial charge in [0.2, 0.25) is 0 Å². The minimum absolute atomic E-state index is 0.259. The Morgan fingerprint density at radius 3 is 2.33 bits per heavy atom. The second-order valence-electron chi connectivity index (χ2n) is 8.65. The standard InChI is InChI=1S/C27H27F2NO3/c1-18(31)17-27(22-6-4-3-5-7-22)14-15-30(26(32)33-27)19(2)20-8-10-21(11-9-20)24-13-12-23(28)16-25(24)29/h3-13,16,18-19,31H,14-15,17H2,1-2H3/t18?,19-,27-/m0/s1. The van der Waals surface area contributed by atoms with Gasteiger partial charge in [0.15, 0.2) is 0 Å². The number of benzene rings is 3. The summed E-state index contributed by atoms with van der Waals surface area (Å²) in [6.45, 7) is 4.08. The van der Waals surface area contributed by atoms with E-state index < -0.39 is 29.4 Å². The maximum absolute atomic E-state index is 14.1. The second kappa shape index (κ2) is 9.32. The fourth-order valence-electron chi connectivity index (χ4n) is 4.55. The molecule has 0 aliphatic carbocycles. The quantitative estimate of drug-likeness (QED) is 0.485. The molecule has 172 valence electrons. The Bertz CT molecular complexity index is 1120. The van der Waals surface area contributed by atoms with Gasteiger partial charge in [0.05, 0.1) is 12.1 Å². The van der Waals surface area contributed by atoms with E-state index in [0.717, 1.165) is 17.2 Å². The Kier molecular flexibility index (Phi) is 6.47. The molecule has 4 nitrogen and oxygen atoms in total. The first-order valence-electron chi connectivity index (χ1n) is 11.1. The van der Waals surface area contributed by atoms with Crippen molar-refractivity contribution in [3.05, 3.63) is 95.6 Å². The third kappa shape index (κ3) is 4.76. The molecule has 1 unspecified atom stereocenters. The SMILES string of the molecule is CC(O)C[C@]1(c2ccccc2)CCN([C@@H](C)c2ccc(-c3ccc(F)cc3F)cc2)C(=O)O1. The van der Waals surface area contributed by atoms with Gasteiger partial charge in [-0.2, -0.15) is 0 Å². The maximum Gasteiger partial charge on any atom is 0.411 e. The highest BCUT2D eigenvalue weighted by molar-refractivity contribution is 5.70. The third-order valence-electron chi connectivity index (χ3n) is 6.30. The molecular formula is C27H27F2NO3. The number of ether oxygens (including phenoxy) is 1. The van der Waals surface area contributed by atoms with E-state index >= 15 is 0 Å². The smallest absolute Gasteiger partial charge is 0.411 e. The fraction of sp³-hybridized carbons (Fsp3) is 0.296. The van der Waals surface area contributed by atoms with Gasteiger partial charge in [-0.15, -0.1) is 0 Å². The van der Waals surface area contributed by atoms with Gasteiger partial charge in [-0.1, -0.05) is 54.6 Å². The topological polar surface area (TPSA) is 49.8 Å². The van der Waals surface area contributed by atoms with Gasteiger partial charge in [0.1, 0.15) is 17.2 Å². The number of halogens is 2. The van der Waals surface area contributed by atoms with E-state index in [-0.39, 0.29) is 6.04 Å². The van der Waals surface area contributed by atoms with Gasteiger partial charge in [0, 0.05) is 31.0 Å². The van der Waals surface area contributed by atoms with Gasteiger partial charge in [-0.05, 0) is 42.7 Å². The van der Waals surface area contributed by atoms with E-state index in [0.29, 0.717) is 30.5 Å². The minimum Gasteiger partial charge on any atom is -0.438 e. The lowest BCUT2D eigenvalue weighted by atomic mass is 9.84. The number of cyclic esters (lactones) is 1. The summed E-state index contributed by atoms with van der Waals surface area (Å²) in [6.07, 6.45) is -0.187. The van der Waals surface area contributed by atoms with Gasteiger partial charge < -0.3 is 14.7 Å². The second-order valence-corrected chi connectivity index (χ2v) is 8.65. The van der Waals surface area contributed by atoms with Crippen molar-refractivity contribution in [1.29, 1.82) is 0 Å². The summed E-state index contributed by atoms with van der Waals surface area (Å²) in [7, 11) is 0. The van der Waals surface area contributed by atoms with Gasteiger partial charge in [-0.25, -0.2) is 13.6 Å². The van der Waals surface area contributed by atoms with Crippen LogP contribution in [-0.2, 0) is 10.3 Å². The van der Waals surface area contributed by atoms with Crippen molar-refractivity contribution in [3.8, 4) is 11.1 Å². The molecule has 1 fully saturated rings. The summed E-state index contributed by atoms with van der Waals surface area (Å²) in [6, 6.07) is 20.0. The van der Waals surface area contributed by atoms with E-state index in [9.17, 15) is 18.7 Å². The van der Waals surface area contributed by atoms with Gasteiger partial charge >= 0.3 is 6.09 Å². The molecule has 1 aliphatic heterocycles. The molecule has 0 radical (unpaired) electrons. The summed E-state index contributed by atoms with van der Waals surface area (Å²) in [4.78, 5) is 14.7. The Morgan fingerprint density at radius 2 is 1.73 bits per heavy atom. The zero-order valence-corrected chi connectivity index (χ0v) is 18.7. The van der Waals surface area contributed by atoms with Crippen LogP contribution < -0.4 is 0 Å². The summed E-state index contributed by atoms with van der Waals surface area (Å²) >= 11 is 0. The molecule has 0 spiro atoms. The van der Waals surface area contributed by atoms with Gasteiger partial charge in [-0.3, -0.25) is 0 Å².